The van der Waals surface area contributed by atoms with E-state index in [-0.39, 0.29) is 0 Å². The van der Waals surface area contributed by atoms with E-state index < -0.39 is 13.5 Å². The Morgan fingerprint density at radius 3 is 2.28 bits per heavy atom. The molecule has 136 valence electrons. The number of hydrogen-bond donors (Lipinski definition) is 0. The van der Waals surface area contributed by atoms with Gasteiger partial charge in [-0.15, -0.1) is 0 Å². The molecule has 1 aliphatic rings. The third-order valence-electron chi connectivity index (χ3n) is 4.12. The topological polar surface area (TPSA) is 3.24 Å². The predicted molar refractivity (Wildman–Crippen MR) is 109 cm³/mol. The summed E-state index contributed by atoms with van der Waals surface area (Å²) in [5.74, 6) is 0. The molecule has 2 aromatic carbocycles. The zero-order valence-corrected chi connectivity index (χ0v) is 18.3. The summed E-state index contributed by atoms with van der Waals surface area (Å²) in [6.45, 7) is 13.9. The summed E-state index contributed by atoms with van der Waals surface area (Å²) < 4.78 is 1.90. The molecule has 0 unspecified atom stereocenters. The molecule has 4 heteroatoms. The van der Waals surface area contributed by atoms with Crippen molar-refractivity contribution in [3.05, 3.63) is 77.7 Å². The van der Waals surface area contributed by atoms with Crippen molar-refractivity contribution in [1.82, 2.24) is 0 Å². The molecule has 0 bridgehead atoms. The van der Waals surface area contributed by atoms with Gasteiger partial charge in [-0.25, -0.2) is 6.54 Å². The summed E-state index contributed by atoms with van der Waals surface area (Å²) in [6, 6.07) is 12.3. The second-order valence-corrected chi connectivity index (χ2v) is 12.0. The van der Waals surface area contributed by atoms with Crippen molar-refractivity contribution in [2.45, 2.75) is 33.6 Å². The minimum atomic E-state index is -1.68. The first-order valence-corrected chi connectivity index (χ1v) is 13.8. The first kappa shape index (κ1) is 20.5. The van der Waals surface area contributed by atoms with Gasteiger partial charge in [-0.3, -0.25) is 0 Å². The molecule has 0 aromatic heterocycles. The molecule has 0 spiro atoms. The molecule has 1 nitrogen and oxygen atoms in total. The van der Waals surface area contributed by atoms with Gasteiger partial charge < -0.3 is 4.90 Å². The van der Waals surface area contributed by atoms with Gasteiger partial charge in [0.05, 0.1) is 0 Å². The Kier molecular flexibility index (Phi) is 8.00. The monoisotopic (exact) mass is 463 g/mol. The summed E-state index contributed by atoms with van der Waals surface area (Å²) >= 11 is -1.68. The normalized spacial score (nSPS) is 14.0. The molecule has 0 N–H and O–H groups in total. The van der Waals surface area contributed by atoms with Crippen LogP contribution in [0.2, 0.25) is 0 Å². The van der Waals surface area contributed by atoms with E-state index in [0.29, 0.717) is 0 Å². The molecular weight excluding hydrogens is 438 g/mol. The Morgan fingerprint density at radius 2 is 1.76 bits per heavy atom. The number of halogens is 2. The third kappa shape index (κ3) is 6.13. The Bertz CT molecular complexity index is 722. The Morgan fingerprint density at radius 1 is 1.12 bits per heavy atom. The molecule has 3 rings (SSSR count). The van der Waals surface area contributed by atoms with Crippen LogP contribution in [0.25, 0.3) is 0 Å². The minimum absolute atomic E-state index is 0.979. The average Bonchev–Trinajstić information content (AvgIpc) is 3.03. The van der Waals surface area contributed by atoms with Crippen molar-refractivity contribution >= 4 is 29.7 Å². The second-order valence-electron chi connectivity index (χ2n) is 6.27. The maximum absolute atomic E-state index is 5.71. The molecule has 25 heavy (non-hydrogen) atoms. The van der Waals surface area contributed by atoms with Gasteiger partial charge in [0.25, 0.3) is 0 Å². The van der Waals surface area contributed by atoms with E-state index in [0.717, 1.165) is 11.1 Å². The van der Waals surface area contributed by atoms with E-state index in [9.17, 15) is 0 Å². The summed E-state index contributed by atoms with van der Waals surface area (Å²) in [7, 11) is 11.4. The fraction of sp³-hybridized carbons (Fsp3) is 0.286. The van der Waals surface area contributed by atoms with Crippen molar-refractivity contribution in [3.8, 4) is 0 Å². The van der Waals surface area contributed by atoms with Crippen molar-refractivity contribution < 1.29 is 13.5 Å². The molecule has 0 aliphatic carbocycles. The molecule has 1 aliphatic heterocycles. The van der Waals surface area contributed by atoms with Crippen molar-refractivity contribution in [2.24, 2.45) is 0 Å². The summed E-state index contributed by atoms with van der Waals surface area (Å²) in [4.78, 5) is 2.41. The van der Waals surface area contributed by atoms with Gasteiger partial charge in [-0.2, -0.15) is 6.42 Å². The zero-order chi connectivity index (χ0) is 18.4. The quantitative estimate of drug-likeness (QED) is 0.372. The van der Waals surface area contributed by atoms with Gasteiger partial charge >= 0.3 is 79.8 Å². The van der Waals surface area contributed by atoms with Crippen molar-refractivity contribution in [3.63, 3.8) is 0 Å². The number of nitrogens with zero attached hydrogens (tertiary/aromatic N) is 1. The Balaban J connectivity index is 0.000000186. The molecule has 0 atom stereocenters. The van der Waals surface area contributed by atoms with E-state index in [2.05, 4.69) is 51.3 Å². The number of rotatable bonds is 2. The fourth-order valence-electron chi connectivity index (χ4n) is 3.15. The molecule has 1 fully saturated rings. The van der Waals surface area contributed by atoms with Crippen molar-refractivity contribution in [2.75, 3.05) is 11.4 Å². The molecular formula is C21H25Cl2NRu. The van der Waals surface area contributed by atoms with Gasteiger partial charge in [-0.05, 0) is 38.4 Å². The zero-order valence-electron chi connectivity index (χ0n) is 15.0. The molecule has 2 aromatic rings. The molecule has 1 saturated heterocycles. The van der Waals surface area contributed by atoms with Crippen LogP contribution in [-0.2, 0) is 13.5 Å². The second kappa shape index (κ2) is 9.76. The van der Waals surface area contributed by atoms with E-state index >= 15 is 0 Å². The van der Waals surface area contributed by atoms with Gasteiger partial charge in [0.2, 0.25) is 0 Å². The van der Waals surface area contributed by atoms with Crippen LogP contribution in [0.1, 0.15) is 40.7 Å². The Hall–Kier alpha value is -0.817. The van der Waals surface area contributed by atoms with Crippen LogP contribution in [0.4, 0.5) is 5.69 Å². The standard InChI is InChI=1S/C13H18N.C8H7.2ClH.Ru/c1-10-8-11(2)13(12(3)9-10)14-6-4-5-7-14;1-7-5-3-4-6-8(7)2;;;/h6,8-9H,4-5,7H2,1-3H3;1,3-6H,2H2;2*1H;/q-1;+1;;;+2/p-2. The van der Waals surface area contributed by atoms with Crippen LogP contribution >= 0.6 is 19.4 Å². The summed E-state index contributed by atoms with van der Waals surface area (Å²) in [6.07, 6.45) is 2.53. The summed E-state index contributed by atoms with van der Waals surface area (Å²) in [5.41, 5.74) is 7.63. The van der Waals surface area contributed by atoms with E-state index in [1.807, 2.05) is 28.9 Å². The fourth-order valence-corrected chi connectivity index (χ4v) is 5.03. The van der Waals surface area contributed by atoms with E-state index in [1.54, 1.807) is 0 Å². The Labute approximate surface area is 165 Å². The van der Waals surface area contributed by atoms with Gasteiger partial charge in [0.1, 0.15) is 0 Å². The molecule has 0 saturated carbocycles. The predicted octanol–water partition coefficient (Wildman–Crippen LogP) is 6.32. The summed E-state index contributed by atoms with van der Waals surface area (Å²) in [5, 5.41) is 0. The third-order valence-corrected chi connectivity index (χ3v) is 5.95. The van der Waals surface area contributed by atoms with Crippen LogP contribution < -0.4 is 4.90 Å². The SMILES string of the molecule is Cc1cc(C)c(N2[CH-]CCC2)c(C)c1.[CH2+]c1ccccc1[CH]=[Ru]([Cl])[Cl]. The first-order chi connectivity index (χ1) is 11.9. The molecule has 0 radical (unpaired) electrons. The van der Waals surface area contributed by atoms with Crippen LogP contribution in [0.3, 0.4) is 0 Å². The van der Waals surface area contributed by atoms with E-state index in [4.69, 9.17) is 19.4 Å². The molecule has 1 heterocycles. The van der Waals surface area contributed by atoms with Crippen LogP contribution in [0.5, 0.6) is 0 Å². The number of hydrogen-bond acceptors (Lipinski definition) is 1. The number of aryl methyl sites for hydroxylation is 3. The molecule has 0 amide bonds. The van der Waals surface area contributed by atoms with Crippen molar-refractivity contribution in [1.29, 1.82) is 0 Å². The van der Waals surface area contributed by atoms with Gasteiger partial charge in [0.15, 0.2) is 0 Å². The first-order valence-electron chi connectivity index (χ1n) is 8.30. The van der Waals surface area contributed by atoms with Gasteiger partial charge in [-0.1, -0.05) is 24.1 Å². The van der Waals surface area contributed by atoms with Crippen LogP contribution in [0, 0.1) is 34.2 Å². The van der Waals surface area contributed by atoms with E-state index in [1.165, 1.54) is 41.8 Å². The van der Waals surface area contributed by atoms with Crippen LogP contribution in [-0.4, -0.2) is 11.2 Å². The van der Waals surface area contributed by atoms with Gasteiger partial charge in [0, 0.05) is 5.69 Å². The number of benzene rings is 2. The number of anilines is 1. The van der Waals surface area contributed by atoms with Crippen LogP contribution in [0.15, 0.2) is 36.4 Å². The maximum atomic E-state index is 5.71. The average molecular weight is 463 g/mol.